The Morgan fingerprint density at radius 3 is 1.39 bits per heavy atom. The molecule has 0 saturated carbocycles. The highest BCUT2D eigenvalue weighted by Crippen LogP contribution is 2.66. The van der Waals surface area contributed by atoms with Gasteiger partial charge in [0.1, 0.15) is 37.0 Å². The van der Waals surface area contributed by atoms with Crippen molar-refractivity contribution in [1.82, 2.24) is 28.7 Å². The predicted molar refractivity (Wildman–Crippen MR) is 369 cm³/mol. The number of H-pyrrole nitrogens is 3. The van der Waals surface area contributed by atoms with Gasteiger partial charge in [0.15, 0.2) is 16.6 Å². The maximum Gasteiger partial charge on any atom is 0.490 e. The summed E-state index contributed by atoms with van der Waals surface area (Å²) in [6.45, 7) is 23.7. The number of rotatable bonds is 27. The third-order valence-electron chi connectivity index (χ3n) is 17.6. The molecule has 568 valence electrons. The summed E-state index contributed by atoms with van der Waals surface area (Å²) < 4.78 is 90.9. The molecule has 3 aliphatic heterocycles. The Morgan fingerprint density at radius 2 is 0.990 bits per heavy atom. The largest absolute Gasteiger partial charge is 0.490 e. The van der Waals surface area contributed by atoms with Crippen molar-refractivity contribution in [2.45, 2.75) is 197 Å². The summed E-state index contributed by atoms with van der Waals surface area (Å²) in [5.41, 5.74) is -3.22. The fraction of sp³-hybridized carbons (Fsp3) is 0.586. The van der Waals surface area contributed by atoms with Gasteiger partial charge in [-0.1, -0.05) is 81.7 Å². The van der Waals surface area contributed by atoms with Crippen LogP contribution in [-0.2, 0) is 77.9 Å². The van der Waals surface area contributed by atoms with Gasteiger partial charge in [-0.05, 0) is 62.2 Å². The first-order valence-electron chi connectivity index (χ1n) is 31.4. The number of ether oxygens (including phenoxy) is 5. The van der Waals surface area contributed by atoms with Gasteiger partial charge in [0.05, 0.1) is 95.7 Å². The zero-order valence-electron chi connectivity index (χ0n) is 57.5. The van der Waals surface area contributed by atoms with Gasteiger partial charge >= 0.3 is 40.5 Å². The van der Waals surface area contributed by atoms with E-state index in [1.165, 1.54) is 42.0 Å². The van der Waals surface area contributed by atoms with E-state index in [9.17, 15) is 87.8 Å². The van der Waals surface area contributed by atoms with Crippen molar-refractivity contribution < 1.29 is 104 Å². The number of halogens is 1. The van der Waals surface area contributed by atoms with E-state index in [1.54, 1.807) is 37.4 Å². The van der Waals surface area contributed by atoms with Crippen molar-refractivity contribution in [3.8, 4) is 0 Å². The molecule has 10 N–H and O–H groups in total. The van der Waals surface area contributed by atoms with E-state index in [4.69, 9.17) is 42.3 Å². The highest BCUT2D eigenvalue weighted by Gasteiger charge is 2.48. The molecule has 0 aliphatic carbocycles. The molecule has 0 radical (unpaired) electrons. The predicted octanol–water partition coefficient (Wildman–Crippen LogP) is 6.21. The molecule has 3 fully saturated rings. The number of aromatic amines is 3. The van der Waals surface area contributed by atoms with Crippen LogP contribution in [0.4, 0.5) is 11.4 Å². The van der Waals surface area contributed by atoms with Crippen LogP contribution in [0.2, 0.25) is 36.3 Å². The lowest BCUT2D eigenvalue weighted by Gasteiger charge is -2.40. The number of benzene rings is 2. The summed E-state index contributed by atoms with van der Waals surface area (Å²) in [6.07, 6.45) is -5.01. The number of nitrogens with zero attached hydrogens (tertiary/aromatic N) is 5. The van der Waals surface area contributed by atoms with Crippen LogP contribution in [-0.4, -0.2) is 146 Å². The molecule has 3 aliphatic rings. The minimum Gasteiger partial charge on any atom is -0.414 e. The molecule has 38 nitrogen and oxygen atoms in total. The minimum atomic E-state index is -5.76. The van der Waals surface area contributed by atoms with Crippen molar-refractivity contribution in [2.24, 2.45) is 0 Å². The first-order chi connectivity index (χ1) is 47.1. The molecule has 3 aromatic heterocycles. The van der Waals surface area contributed by atoms with Crippen molar-refractivity contribution in [3.63, 3.8) is 0 Å². The summed E-state index contributed by atoms with van der Waals surface area (Å²) in [5, 5.41) is 52.2. The monoisotopic (exact) mass is 1600 g/mol. The Hall–Kier alpha value is -5.80. The Labute approximate surface area is 592 Å². The molecule has 5 aromatic rings. The standard InChI is InChI=1S/C22H41BrN2O5Si2.C18H24N3O17P3.C18H21N3O8/c1-21(2,3)31(7,8)28-14-17-16(30-32(9,10)22(4,5)6)11-18(29-17)25-13-15(12-23)19(26)24-20(25)27;1-10(12-4-2-3-5-13(12)21(25)26)34-8-11-7-20(18(24)19-17(11)23)16-6-14(22)15(36-16)9-35-40(30,31)38-41(32,33)37-39(27,28)29;1-10(12-4-2-3-5-13(12)21(26)27)28-9-11-7-20(18(25)19-17(11)24)16-6-14(23)15(8-22)29-16/h13,16-18H,11-12,14H2,1-10H3,(H,24,26,27);2-5,7,10,14-16,22H,6,8-9H2,1H3,(H,30,31)(H,32,33)(H,19,23,24)(H2,27,28,29);2-5,7,10,14-16,22-23H,6,8-9H2,1H3,(H,19,24,25)/t16-,17-,18-;2*10?,14-,15-,16-/m111/s1. The van der Waals surface area contributed by atoms with E-state index < -0.39 is 153 Å². The molecular formula is C58H86BrN8O30P3Si2. The minimum absolute atomic E-state index is 0.0495. The summed E-state index contributed by atoms with van der Waals surface area (Å²) >= 11 is 3.32. The fourth-order valence-electron chi connectivity index (χ4n) is 9.89. The molecule has 102 heavy (non-hydrogen) atoms. The quantitative estimate of drug-likeness (QED) is 0.00918. The lowest BCUT2D eigenvalue weighted by Crippen LogP contribution is -2.48. The number of aliphatic hydroxyl groups excluding tert-OH is 3. The number of para-hydroxylation sites is 2. The summed E-state index contributed by atoms with van der Waals surface area (Å²) in [5.74, 6) is 0. The lowest BCUT2D eigenvalue weighted by atomic mass is 10.1. The zero-order chi connectivity index (χ0) is 76.6. The highest BCUT2D eigenvalue weighted by molar-refractivity contribution is 9.08. The van der Waals surface area contributed by atoms with Crippen LogP contribution < -0.4 is 33.7 Å². The number of nitro groups is 2. The van der Waals surface area contributed by atoms with Gasteiger partial charge in [0.2, 0.25) is 0 Å². The Kier molecular flexibility index (Phi) is 28.9. The van der Waals surface area contributed by atoms with Crippen LogP contribution in [0.25, 0.3) is 0 Å². The molecule has 2 aromatic carbocycles. The molecule has 13 atom stereocenters. The number of nitro benzene ring substituents is 2. The first-order valence-corrected chi connectivity index (χ1v) is 42.9. The molecule has 44 heteroatoms. The van der Waals surface area contributed by atoms with Crippen LogP contribution in [0.5, 0.6) is 0 Å². The Balaban J connectivity index is 0.000000245. The summed E-state index contributed by atoms with van der Waals surface area (Å²) in [6, 6.07) is 11.9. The third kappa shape index (κ3) is 22.9. The van der Waals surface area contributed by atoms with Gasteiger partial charge in [-0.2, -0.15) is 8.62 Å². The second-order valence-electron chi connectivity index (χ2n) is 26.9. The average Bonchev–Trinajstić information content (AvgIpc) is 1.39. The lowest BCUT2D eigenvalue weighted by molar-refractivity contribution is -0.386. The third-order valence-corrected chi connectivity index (χ3v) is 31.0. The molecule has 0 amide bonds. The fourth-order valence-corrected chi connectivity index (χ4v) is 15.7. The van der Waals surface area contributed by atoms with Crippen LogP contribution in [0.1, 0.15) is 133 Å². The number of aromatic nitrogens is 6. The zero-order valence-corrected chi connectivity index (χ0v) is 63.8. The van der Waals surface area contributed by atoms with Gasteiger partial charge in [0.25, 0.3) is 28.1 Å². The Bertz CT molecular complexity index is 4300. The van der Waals surface area contributed by atoms with E-state index >= 15 is 0 Å². The Morgan fingerprint density at radius 1 is 0.598 bits per heavy atom. The highest BCUT2D eigenvalue weighted by atomic mass is 79.9. The van der Waals surface area contributed by atoms with E-state index in [-0.39, 0.29) is 75.4 Å². The van der Waals surface area contributed by atoms with Crippen molar-refractivity contribution >= 4 is 67.4 Å². The molecule has 0 spiro atoms. The molecule has 6 heterocycles. The number of phosphoric ester groups is 1. The van der Waals surface area contributed by atoms with Crippen LogP contribution in [0, 0.1) is 20.2 Å². The normalized spacial score (nSPS) is 22.9. The topological polar surface area (TPSA) is 536 Å². The van der Waals surface area contributed by atoms with Gasteiger partial charge in [0, 0.05) is 60.9 Å². The first kappa shape index (κ1) is 85.1. The smallest absolute Gasteiger partial charge is 0.414 e. The van der Waals surface area contributed by atoms with Crippen molar-refractivity contribution in [3.05, 3.63) is 178 Å². The van der Waals surface area contributed by atoms with Crippen LogP contribution >= 0.6 is 39.4 Å². The number of alkyl halides is 1. The van der Waals surface area contributed by atoms with E-state index in [0.717, 1.165) is 15.3 Å². The second-order valence-corrected chi connectivity index (χ2v) is 41.5. The molecular weight excluding hydrogens is 1520 g/mol. The molecule has 8 rings (SSSR count). The van der Waals surface area contributed by atoms with E-state index in [0.29, 0.717) is 29.5 Å². The SMILES string of the molecule is CC(C)(C)[Si](C)(C)OC[C@H]1O[C@@H](n2cc(CBr)c(=O)[nH]c2=O)C[C@H]1O[Si](C)(C)C(C)(C)C.CC(OCc1cn([C@H]2C[C@@H](O)[C@@H](CO)O2)c(=O)[nH]c1=O)c1ccccc1[N+](=O)[O-].CC(OCc1cn([C@H]2C[C@@H](O)[C@@H](COP(=O)(O)OP(=O)(O)OP(=O)(O)O)O2)c(=O)[nH]c1=O)c1ccccc1[N+](=O)[O-]. The number of aliphatic hydroxyl groups is 3. The van der Waals surface area contributed by atoms with E-state index in [2.05, 4.69) is 107 Å². The maximum atomic E-state index is 12.6. The second kappa shape index (κ2) is 34.6. The molecule has 3 saturated heterocycles. The number of nitrogens with one attached hydrogen (secondary N) is 3. The summed E-state index contributed by atoms with van der Waals surface area (Å²) in [7, 11) is -20.9. The molecule has 0 bridgehead atoms. The average molecular weight is 1600 g/mol. The summed E-state index contributed by atoms with van der Waals surface area (Å²) in [4.78, 5) is 137. The van der Waals surface area contributed by atoms with Crippen molar-refractivity contribution in [2.75, 3.05) is 19.8 Å². The van der Waals surface area contributed by atoms with Crippen LogP contribution in [0.15, 0.2) is 95.9 Å². The van der Waals surface area contributed by atoms with Gasteiger partial charge in [-0.25, -0.2) is 28.1 Å². The maximum absolute atomic E-state index is 12.6. The molecule has 4 unspecified atom stereocenters. The van der Waals surface area contributed by atoms with Gasteiger partial charge in [-0.3, -0.25) is 67.8 Å². The van der Waals surface area contributed by atoms with Crippen molar-refractivity contribution in [1.29, 1.82) is 0 Å². The number of hydrogen-bond donors (Lipinski definition) is 10. The van der Waals surface area contributed by atoms with Crippen LogP contribution in [0.3, 0.4) is 0 Å². The number of phosphoric acid groups is 3. The van der Waals surface area contributed by atoms with Gasteiger partial charge < -0.3 is 67.4 Å². The number of hydrogen-bond acceptors (Lipinski definition) is 26. The van der Waals surface area contributed by atoms with Gasteiger partial charge in [-0.15, -0.1) is 0 Å². The van der Waals surface area contributed by atoms with E-state index in [1.807, 2.05) is 4.98 Å².